The summed E-state index contributed by atoms with van der Waals surface area (Å²) in [6.45, 7) is 5.22. The van der Waals surface area contributed by atoms with Crippen LogP contribution in [-0.4, -0.2) is 42.6 Å². The summed E-state index contributed by atoms with van der Waals surface area (Å²) in [6.07, 6.45) is 1.59. The summed E-state index contributed by atoms with van der Waals surface area (Å²) in [5, 5.41) is 0. The van der Waals surface area contributed by atoms with Gasteiger partial charge in [0, 0.05) is 26.2 Å². The van der Waals surface area contributed by atoms with E-state index in [1.807, 2.05) is 13.8 Å². The highest BCUT2D eigenvalue weighted by molar-refractivity contribution is 5.85. The van der Waals surface area contributed by atoms with Crippen LogP contribution in [0.3, 0.4) is 0 Å². The lowest BCUT2D eigenvalue weighted by atomic mass is 10.0. The first-order valence-corrected chi connectivity index (χ1v) is 5.13. The standard InChI is InChI=1S/C10H20N2O2/c1-4-10(2,14-3)9(13)12-6-5-8(11)7-12/h8H,4-7,11H2,1-3H3/t8-,10?/m0/s1. The molecular weight excluding hydrogens is 180 g/mol. The van der Waals surface area contributed by atoms with Crippen molar-refractivity contribution < 1.29 is 9.53 Å². The molecule has 0 spiro atoms. The first-order chi connectivity index (χ1) is 6.53. The smallest absolute Gasteiger partial charge is 0.254 e. The minimum absolute atomic E-state index is 0.0652. The van der Waals surface area contributed by atoms with Gasteiger partial charge in [-0.25, -0.2) is 0 Å². The van der Waals surface area contributed by atoms with E-state index < -0.39 is 5.60 Å². The van der Waals surface area contributed by atoms with Crippen molar-refractivity contribution in [3.8, 4) is 0 Å². The molecule has 82 valence electrons. The van der Waals surface area contributed by atoms with Gasteiger partial charge >= 0.3 is 0 Å². The lowest BCUT2D eigenvalue weighted by Crippen LogP contribution is -2.47. The van der Waals surface area contributed by atoms with E-state index in [1.165, 1.54) is 0 Å². The number of hydrogen-bond acceptors (Lipinski definition) is 3. The summed E-state index contributed by atoms with van der Waals surface area (Å²) in [7, 11) is 1.58. The largest absolute Gasteiger partial charge is 0.369 e. The van der Waals surface area contributed by atoms with Crippen LogP contribution in [0, 0.1) is 0 Å². The third-order valence-electron chi connectivity index (χ3n) is 3.09. The van der Waals surface area contributed by atoms with Crippen molar-refractivity contribution in [3.63, 3.8) is 0 Å². The Morgan fingerprint density at radius 3 is 2.71 bits per heavy atom. The Kier molecular flexibility index (Phi) is 3.50. The Labute approximate surface area is 85.4 Å². The number of hydrogen-bond donors (Lipinski definition) is 1. The van der Waals surface area contributed by atoms with Gasteiger partial charge in [0.2, 0.25) is 0 Å². The Hall–Kier alpha value is -0.610. The summed E-state index contributed by atoms with van der Waals surface area (Å²) >= 11 is 0. The van der Waals surface area contributed by atoms with Gasteiger partial charge in [-0.05, 0) is 19.8 Å². The quantitative estimate of drug-likeness (QED) is 0.715. The van der Waals surface area contributed by atoms with E-state index >= 15 is 0 Å². The zero-order chi connectivity index (χ0) is 10.8. The maximum atomic E-state index is 12.0. The fourth-order valence-electron chi connectivity index (χ4n) is 1.69. The van der Waals surface area contributed by atoms with Gasteiger partial charge in [0.1, 0.15) is 5.60 Å². The molecule has 4 nitrogen and oxygen atoms in total. The second-order valence-corrected chi connectivity index (χ2v) is 4.09. The van der Waals surface area contributed by atoms with E-state index in [0.29, 0.717) is 13.0 Å². The Bertz CT molecular complexity index is 214. The maximum absolute atomic E-state index is 12.0. The van der Waals surface area contributed by atoms with E-state index in [0.717, 1.165) is 13.0 Å². The molecule has 1 fully saturated rings. The van der Waals surface area contributed by atoms with Crippen molar-refractivity contribution in [2.24, 2.45) is 5.73 Å². The highest BCUT2D eigenvalue weighted by Gasteiger charge is 2.37. The third kappa shape index (κ3) is 2.07. The van der Waals surface area contributed by atoms with Gasteiger partial charge in [0.05, 0.1) is 0 Å². The molecule has 0 aliphatic carbocycles. The monoisotopic (exact) mass is 200 g/mol. The lowest BCUT2D eigenvalue weighted by molar-refractivity contribution is -0.152. The van der Waals surface area contributed by atoms with Crippen molar-refractivity contribution >= 4 is 5.91 Å². The molecule has 0 radical (unpaired) electrons. The summed E-state index contributed by atoms with van der Waals surface area (Å²) in [6, 6.07) is 0.136. The number of nitrogens with two attached hydrogens (primary N) is 1. The second-order valence-electron chi connectivity index (χ2n) is 4.09. The molecule has 0 bridgehead atoms. The predicted molar refractivity (Wildman–Crippen MR) is 54.9 cm³/mol. The van der Waals surface area contributed by atoms with Gasteiger partial charge in [-0.15, -0.1) is 0 Å². The minimum atomic E-state index is -0.677. The summed E-state index contributed by atoms with van der Waals surface area (Å²) in [5.74, 6) is 0.0652. The van der Waals surface area contributed by atoms with Crippen LogP contribution in [0.4, 0.5) is 0 Å². The number of ether oxygens (including phenoxy) is 1. The van der Waals surface area contributed by atoms with Gasteiger partial charge < -0.3 is 15.4 Å². The summed E-state index contributed by atoms with van der Waals surface area (Å²) in [5.41, 5.74) is 5.08. The molecule has 0 aromatic heterocycles. The third-order valence-corrected chi connectivity index (χ3v) is 3.09. The zero-order valence-corrected chi connectivity index (χ0v) is 9.25. The van der Waals surface area contributed by atoms with Crippen LogP contribution in [0.1, 0.15) is 26.7 Å². The van der Waals surface area contributed by atoms with Crippen molar-refractivity contribution in [1.29, 1.82) is 0 Å². The number of methoxy groups -OCH3 is 1. The van der Waals surface area contributed by atoms with Gasteiger partial charge in [-0.1, -0.05) is 6.92 Å². The number of carbonyl (C=O) groups excluding carboxylic acids is 1. The van der Waals surface area contributed by atoms with Crippen LogP contribution in [-0.2, 0) is 9.53 Å². The second kappa shape index (κ2) is 4.28. The molecule has 1 heterocycles. The van der Waals surface area contributed by atoms with E-state index in [1.54, 1.807) is 12.0 Å². The maximum Gasteiger partial charge on any atom is 0.254 e. The summed E-state index contributed by atoms with van der Waals surface area (Å²) in [4.78, 5) is 13.8. The van der Waals surface area contributed by atoms with Crippen LogP contribution in [0.15, 0.2) is 0 Å². The molecule has 1 aliphatic rings. The van der Waals surface area contributed by atoms with Crippen LogP contribution in [0.5, 0.6) is 0 Å². The van der Waals surface area contributed by atoms with Gasteiger partial charge in [-0.2, -0.15) is 0 Å². The van der Waals surface area contributed by atoms with Gasteiger partial charge in [-0.3, -0.25) is 4.79 Å². The first kappa shape index (κ1) is 11.5. The molecule has 1 aliphatic heterocycles. The fraction of sp³-hybridized carbons (Fsp3) is 0.900. The molecule has 1 saturated heterocycles. The Balaban J connectivity index is 2.64. The molecule has 2 atom stereocenters. The average molecular weight is 200 g/mol. The van der Waals surface area contributed by atoms with Gasteiger partial charge in [0.25, 0.3) is 5.91 Å². The fourth-order valence-corrected chi connectivity index (χ4v) is 1.69. The van der Waals surface area contributed by atoms with Crippen LogP contribution in [0.2, 0.25) is 0 Å². The number of amides is 1. The van der Waals surface area contributed by atoms with Crippen molar-refractivity contribution in [2.45, 2.75) is 38.3 Å². The van der Waals surface area contributed by atoms with Crippen LogP contribution >= 0.6 is 0 Å². The van der Waals surface area contributed by atoms with E-state index in [4.69, 9.17) is 10.5 Å². The molecule has 2 N–H and O–H groups in total. The number of rotatable bonds is 3. The lowest BCUT2D eigenvalue weighted by Gasteiger charge is -2.30. The van der Waals surface area contributed by atoms with Crippen LogP contribution < -0.4 is 5.73 Å². The topological polar surface area (TPSA) is 55.6 Å². The minimum Gasteiger partial charge on any atom is -0.369 e. The highest BCUT2D eigenvalue weighted by atomic mass is 16.5. The molecule has 0 saturated carbocycles. The SMILES string of the molecule is CCC(C)(OC)C(=O)N1CC[C@H](N)C1. The Morgan fingerprint density at radius 1 is 1.71 bits per heavy atom. The molecule has 14 heavy (non-hydrogen) atoms. The van der Waals surface area contributed by atoms with Crippen LogP contribution in [0.25, 0.3) is 0 Å². The summed E-state index contributed by atoms with van der Waals surface area (Å²) < 4.78 is 5.26. The van der Waals surface area contributed by atoms with E-state index in [-0.39, 0.29) is 11.9 Å². The van der Waals surface area contributed by atoms with Crippen molar-refractivity contribution in [2.75, 3.05) is 20.2 Å². The van der Waals surface area contributed by atoms with Crippen molar-refractivity contribution in [3.05, 3.63) is 0 Å². The molecule has 1 unspecified atom stereocenters. The highest BCUT2D eigenvalue weighted by Crippen LogP contribution is 2.20. The predicted octanol–water partition coefficient (Wildman–Crippen LogP) is 0.361. The number of likely N-dealkylation sites (tertiary alicyclic amines) is 1. The van der Waals surface area contributed by atoms with Gasteiger partial charge in [0.15, 0.2) is 0 Å². The van der Waals surface area contributed by atoms with E-state index in [2.05, 4.69) is 0 Å². The number of carbonyl (C=O) groups is 1. The molecule has 4 heteroatoms. The normalized spacial score (nSPS) is 26.3. The van der Waals surface area contributed by atoms with E-state index in [9.17, 15) is 4.79 Å². The van der Waals surface area contributed by atoms with Crippen molar-refractivity contribution in [1.82, 2.24) is 4.90 Å². The Morgan fingerprint density at radius 2 is 2.36 bits per heavy atom. The molecule has 1 amide bonds. The zero-order valence-electron chi connectivity index (χ0n) is 9.25. The molecule has 0 aromatic rings. The number of nitrogens with zero attached hydrogens (tertiary/aromatic N) is 1. The molecule has 1 rings (SSSR count). The average Bonchev–Trinajstić information content (AvgIpc) is 2.62. The molecular formula is C10H20N2O2. The first-order valence-electron chi connectivity index (χ1n) is 5.13. The molecule has 0 aromatic carbocycles.